The molecule has 39 heavy (non-hydrogen) atoms. The molecular weight excluding hydrogens is 503 g/mol. The zero-order valence-electron chi connectivity index (χ0n) is 22.7. The number of aliphatic hydroxyl groups is 1. The molecular formula is C31H36F3N3O2. The van der Waals surface area contributed by atoms with Crippen LogP contribution in [-0.4, -0.2) is 22.8 Å². The largest absolute Gasteiger partial charge is 0.392 e. The summed E-state index contributed by atoms with van der Waals surface area (Å²) in [5, 5.41) is 15.5. The van der Waals surface area contributed by atoms with Gasteiger partial charge in [0.2, 0.25) is 5.91 Å². The number of nitrogens with one attached hydrogen (secondary N) is 2. The Balaban J connectivity index is 1.96. The molecule has 0 spiro atoms. The van der Waals surface area contributed by atoms with E-state index in [1.807, 2.05) is 25.1 Å². The van der Waals surface area contributed by atoms with Crippen molar-refractivity contribution in [1.82, 2.24) is 5.32 Å². The Hall–Kier alpha value is -3.65. The number of aryl methyl sites for hydroxylation is 2. The first kappa shape index (κ1) is 29.9. The van der Waals surface area contributed by atoms with Crippen LogP contribution in [0.4, 0.5) is 24.5 Å². The maximum absolute atomic E-state index is 15.2. The van der Waals surface area contributed by atoms with Crippen LogP contribution >= 0.6 is 0 Å². The Morgan fingerprint density at radius 2 is 1.92 bits per heavy atom. The molecule has 8 heteroatoms. The number of aliphatic hydroxyl groups excluding tert-OH is 1. The number of rotatable bonds is 10. The molecule has 3 rings (SSSR count). The lowest BCUT2D eigenvalue weighted by molar-refractivity contribution is -0.111. The summed E-state index contributed by atoms with van der Waals surface area (Å²) in [6.45, 7) is 8.02. The van der Waals surface area contributed by atoms with E-state index in [1.165, 1.54) is 25.1 Å². The first-order valence-corrected chi connectivity index (χ1v) is 13.1. The van der Waals surface area contributed by atoms with Crippen LogP contribution in [0.25, 0.3) is 0 Å². The molecule has 0 saturated heterocycles. The van der Waals surface area contributed by atoms with Crippen molar-refractivity contribution in [2.45, 2.75) is 71.8 Å². The minimum atomic E-state index is -3.04. The lowest BCUT2D eigenvalue weighted by Gasteiger charge is -2.25. The average molecular weight is 540 g/mol. The van der Waals surface area contributed by atoms with Crippen LogP contribution in [0.3, 0.4) is 0 Å². The SMILES string of the molecule is C=CC(=O)Nc1ccccc1CCCC1=C(C(F)(F)CC)C=C(C)CCC(=Nc2cc(CO)c(F)cc2C)N1. The van der Waals surface area contributed by atoms with E-state index in [1.54, 1.807) is 19.1 Å². The Morgan fingerprint density at radius 1 is 1.18 bits per heavy atom. The van der Waals surface area contributed by atoms with Gasteiger partial charge in [-0.15, -0.1) is 0 Å². The van der Waals surface area contributed by atoms with Gasteiger partial charge in [-0.25, -0.2) is 18.2 Å². The number of halogens is 3. The van der Waals surface area contributed by atoms with Crippen molar-refractivity contribution in [3.8, 4) is 0 Å². The van der Waals surface area contributed by atoms with E-state index in [0.717, 1.165) is 11.1 Å². The van der Waals surface area contributed by atoms with Gasteiger partial charge >= 0.3 is 0 Å². The molecule has 0 radical (unpaired) electrons. The standard InChI is InChI=1S/C31H36F3N3O2/c1-5-30(39)37-26-12-8-7-10-22(26)11-9-13-27-24(31(33,34)6-2)16-20(3)14-15-29(35-27)36-28-18-23(19-38)25(32)17-21(28)4/h5,7-8,10,12,16-18,38H,1,6,9,11,13-15,19H2,2-4H3,(H,35,36)(H,37,39). The van der Waals surface area contributed by atoms with Crippen molar-refractivity contribution >= 4 is 23.1 Å². The van der Waals surface area contributed by atoms with Gasteiger partial charge < -0.3 is 15.7 Å². The van der Waals surface area contributed by atoms with Crippen molar-refractivity contribution in [1.29, 1.82) is 0 Å². The monoisotopic (exact) mass is 539 g/mol. The van der Waals surface area contributed by atoms with E-state index < -0.39 is 18.3 Å². The number of alkyl halides is 2. The van der Waals surface area contributed by atoms with Crippen LogP contribution < -0.4 is 10.6 Å². The van der Waals surface area contributed by atoms with Crippen LogP contribution in [0.5, 0.6) is 0 Å². The first-order valence-electron chi connectivity index (χ1n) is 13.1. The molecule has 0 fully saturated rings. The van der Waals surface area contributed by atoms with Gasteiger partial charge in [-0.1, -0.05) is 43.4 Å². The molecule has 1 amide bonds. The minimum absolute atomic E-state index is 0.0602. The Morgan fingerprint density at radius 3 is 2.62 bits per heavy atom. The van der Waals surface area contributed by atoms with Gasteiger partial charge in [0.25, 0.3) is 5.92 Å². The number of hydrogen-bond donors (Lipinski definition) is 3. The average Bonchev–Trinajstić information content (AvgIpc) is 2.90. The zero-order valence-corrected chi connectivity index (χ0v) is 22.7. The normalized spacial score (nSPS) is 15.4. The predicted octanol–water partition coefficient (Wildman–Crippen LogP) is 7.43. The van der Waals surface area contributed by atoms with E-state index in [9.17, 15) is 14.3 Å². The smallest absolute Gasteiger partial charge is 0.274 e. The van der Waals surface area contributed by atoms with Gasteiger partial charge in [-0.3, -0.25) is 4.79 Å². The molecule has 0 bridgehead atoms. The van der Waals surface area contributed by atoms with Crippen molar-refractivity contribution in [2.24, 2.45) is 4.99 Å². The van der Waals surface area contributed by atoms with Crippen LogP contribution in [0.15, 0.2) is 77.0 Å². The number of benzene rings is 2. The first-order chi connectivity index (χ1) is 18.6. The molecule has 0 aliphatic carbocycles. The highest BCUT2D eigenvalue weighted by Crippen LogP contribution is 2.35. The van der Waals surface area contributed by atoms with E-state index in [4.69, 9.17) is 0 Å². The summed E-state index contributed by atoms with van der Waals surface area (Å²) >= 11 is 0. The maximum Gasteiger partial charge on any atom is 0.274 e. The molecule has 5 nitrogen and oxygen atoms in total. The molecule has 1 aliphatic rings. The number of allylic oxidation sites excluding steroid dienone is 4. The highest BCUT2D eigenvalue weighted by Gasteiger charge is 2.34. The molecule has 0 saturated carbocycles. The van der Waals surface area contributed by atoms with Gasteiger partial charge in [0.1, 0.15) is 11.7 Å². The molecule has 0 unspecified atom stereocenters. The number of carbonyl (C=O) groups excluding carboxylic acids is 1. The van der Waals surface area contributed by atoms with Crippen molar-refractivity contribution in [3.63, 3.8) is 0 Å². The third-order valence-corrected chi connectivity index (χ3v) is 6.73. The molecule has 208 valence electrons. The summed E-state index contributed by atoms with van der Waals surface area (Å²) in [4.78, 5) is 16.5. The number of amidine groups is 1. The second kappa shape index (κ2) is 13.4. The summed E-state index contributed by atoms with van der Waals surface area (Å²) in [6.07, 6.45) is 4.85. The fourth-order valence-electron chi connectivity index (χ4n) is 4.41. The Kier molecular flexibility index (Phi) is 10.3. The van der Waals surface area contributed by atoms with Crippen molar-refractivity contribution in [2.75, 3.05) is 5.32 Å². The lowest BCUT2D eigenvalue weighted by Crippen LogP contribution is -2.30. The van der Waals surface area contributed by atoms with Gasteiger partial charge in [-0.05, 0) is 74.9 Å². The van der Waals surface area contributed by atoms with E-state index in [0.29, 0.717) is 60.6 Å². The number of carbonyl (C=O) groups is 1. The molecule has 3 N–H and O–H groups in total. The van der Waals surface area contributed by atoms with Gasteiger partial charge in [0, 0.05) is 35.4 Å². The summed E-state index contributed by atoms with van der Waals surface area (Å²) in [6, 6.07) is 10.2. The summed E-state index contributed by atoms with van der Waals surface area (Å²) < 4.78 is 44.6. The quantitative estimate of drug-likeness (QED) is 0.275. The molecule has 2 aromatic carbocycles. The minimum Gasteiger partial charge on any atom is -0.392 e. The predicted molar refractivity (Wildman–Crippen MR) is 151 cm³/mol. The number of hydrogen-bond acceptors (Lipinski definition) is 3. The van der Waals surface area contributed by atoms with E-state index >= 15 is 8.78 Å². The molecule has 0 aromatic heterocycles. The van der Waals surface area contributed by atoms with E-state index in [2.05, 4.69) is 22.2 Å². The fraction of sp³-hybridized carbons (Fsp3) is 0.355. The Bertz CT molecular complexity index is 1310. The summed E-state index contributed by atoms with van der Waals surface area (Å²) in [5.41, 5.74) is 3.86. The fourth-order valence-corrected chi connectivity index (χ4v) is 4.41. The van der Waals surface area contributed by atoms with Crippen molar-refractivity contribution < 1.29 is 23.1 Å². The second-order valence-electron chi connectivity index (χ2n) is 9.72. The molecule has 1 aliphatic heterocycles. The van der Waals surface area contributed by atoms with Gasteiger partial charge in [-0.2, -0.15) is 0 Å². The number of anilines is 1. The number of nitrogens with zero attached hydrogens (tertiary/aromatic N) is 1. The van der Waals surface area contributed by atoms with Gasteiger partial charge in [0.05, 0.1) is 12.3 Å². The van der Waals surface area contributed by atoms with E-state index in [-0.39, 0.29) is 23.5 Å². The highest BCUT2D eigenvalue weighted by molar-refractivity contribution is 5.99. The zero-order chi connectivity index (χ0) is 28.6. The third kappa shape index (κ3) is 7.93. The lowest BCUT2D eigenvalue weighted by atomic mass is 9.94. The Labute approximate surface area is 228 Å². The number of aliphatic imine (C=N–C) groups is 1. The van der Waals surface area contributed by atoms with Crippen LogP contribution in [0.1, 0.15) is 62.6 Å². The highest BCUT2D eigenvalue weighted by atomic mass is 19.3. The second-order valence-corrected chi connectivity index (χ2v) is 9.72. The van der Waals surface area contributed by atoms with Gasteiger partial charge in [0.15, 0.2) is 0 Å². The summed E-state index contributed by atoms with van der Waals surface area (Å²) in [5.74, 6) is -3.38. The van der Waals surface area contributed by atoms with Crippen LogP contribution in [0, 0.1) is 12.7 Å². The molecule has 1 heterocycles. The summed E-state index contributed by atoms with van der Waals surface area (Å²) in [7, 11) is 0. The number of amides is 1. The topological polar surface area (TPSA) is 73.7 Å². The van der Waals surface area contributed by atoms with Crippen molar-refractivity contribution in [3.05, 3.63) is 94.5 Å². The number of para-hydroxylation sites is 1. The van der Waals surface area contributed by atoms with Crippen LogP contribution in [-0.2, 0) is 17.8 Å². The molecule has 2 aromatic rings. The maximum atomic E-state index is 15.2. The third-order valence-electron chi connectivity index (χ3n) is 6.73. The van der Waals surface area contributed by atoms with Crippen LogP contribution in [0.2, 0.25) is 0 Å². The molecule has 0 atom stereocenters.